The number of carbonyl (C=O) groups excluding carboxylic acids is 1. The lowest BCUT2D eigenvalue weighted by Gasteiger charge is -2.12. The molecule has 0 bridgehead atoms. The van der Waals surface area contributed by atoms with E-state index in [1.807, 2.05) is 0 Å². The van der Waals surface area contributed by atoms with Crippen molar-refractivity contribution in [2.75, 3.05) is 11.1 Å². The van der Waals surface area contributed by atoms with Gasteiger partial charge in [-0.25, -0.2) is 18.2 Å². The molecule has 0 aliphatic heterocycles. The monoisotopic (exact) mass is 465 g/mol. The van der Waals surface area contributed by atoms with Crippen molar-refractivity contribution in [1.29, 1.82) is 0 Å². The molecule has 4 rings (SSSR count). The topological polar surface area (TPSA) is 92.7 Å². The van der Waals surface area contributed by atoms with E-state index in [2.05, 4.69) is 20.5 Å². The Bertz CT molecular complexity index is 1370. The molecule has 2 heterocycles. The number of H-pyrrole nitrogens is 1. The summed E-state index contributed by atoms with van der Waals surface area (Å²) in [7, 11) is 0. The number of nitrogens with one attached hydrogen (secondary N) is 2. The van der Waals surface area contributed by atoms with Gasteiger partial charge in [-0.1, -0.05) is 23.4 Å². The predicted molar refractivity (Wildman–Crippen MR) is 110 cm³/mol. The van der Waals surface area contributed by atoms with Gasteiger partial charge in [0.1, 0.15) is 11.2 Å². The fourth-order valence-corrected chi connectivity index (χ4v) is 3.70. The van der Waals surface area contributed by atoms with E-state index in [9.17, 15) is 22.8 Å². The Morgan fingerprint density at radius 1 is 1.16 bits per heavy atom. The van der Waals surface area contributed by atoms with Crippen LogP contribution in [0.2, 0.25) is 5.02 Å². The van der Waals surface area contributed by atoms with Crippen molar-refractivity contribution in [1.82, 2.24) is 19.7 Å². The number of hydrogen-bond acceptors (Lipinski definition) is 5. The minimum Gasteiger partial charge on any atom is -0.324 e. The van der Waals surface area contributed by atoms with E-state index < -0.39 is 28.9 Å². The fourth-order valence-electron chi connectivity index (χ4n) is 2.73. The molecule has 0 fully saturated rings. The van der Waals surface area contributed by atoms with Crippen molar-refractivity contribution in [2.24, 2.45) is 0 Å². The van der Waals surface area contributed by atoms with Gasteiger partial charge in [0.15, 0.2) is 22.4 Å². The Morgan fingerprint density at radius 3 is 2.74 bits per heavy atom. The van der Waals surface area contributed by atoms with Gasteiger partial charge in [0.05, 0.1) is 28.3 Å². The van der Waals surface area contributed by atoms with Crippen LogP contribution < -0.4 is 10.9 Å². The highest BCUT2D eigenvalue weighted by Gasteiger charge is 2.17. The number of aromatic nitrogens is 4. The molecule has 0 aliphatic rings. The normalized spacial score (nSPS) is 11.1. The summed E-state index contributed by atoms with van der Waals surface area (Å²) in [6, 6.07) is 6.46. The first-order chi connectivity index (χ1) is 14.8. The van der Waals surface area contributed by atoms with Gasteiger partial charge in [-0.2, -0.15) is 5.10 Å². The number of carbonyl (C=O) groups is 1. The highest BCUT2D eigenvalue weighted by Crippen LogP contribution is 2.25. The summed E-state index contributed by atoms with van der Waals surface area (Å²) in [5.74, 6) is -3.58. The third kappa shape index (κ3) is 4.28. The van der Waals surface area contributed by atoms with Gasteiger partial charge in [-0.3, -0.25) is 19.3 Å². The van der Waals surface area contributed by atoms with Crippen LogP contribution in [0.5, 0.6) is 0 Å². The molecule has 0 unspecified atom stereocenters. The molecular formula is C19H11ClF3N5O2S. The first kappa shape index (κ1) is 20.9. The second kappa shape index (κ2) is 8.44. The van der Waals surface area contributed by atoms with Crippen molar-refractivity contribution in [3.63, 3.8) is 0 Å². The van der Waals surface area contributed by atoms with Crippen LogP contribution in [0.4, 0.5) is 18.9 Å². The van der Waals surface area contributed by atoms with Gasteiger partial charge in [-0.15, -0.1) is 0 Å². The summed E-state index contributed by atoms with van der Waals surface area (Å²) < 4.78 is 41.5. The Labute approximate surface area is 181 Å². The van der Waals surface area contributed by atoms with E-state index in [0.717, 1.165) is 40.6 Å². The highest BCUT2D eigenvalue weighted by molar-refractivity contribution is 7.99. The van der Waals surface area contributed by atoms with E-state index in [4.69, 9.17) is 11.6 Å². The predicted octanol–water partition coefficient (Wildman–Crippen LogP) is 3.91. The van der Waals surface area contributed by atoms with E-state index >= 15 is 0 Å². The van der Waals surface area contributed by atoms with Crippen LogP contribution in [0, 0.1) is 17.5 Å². The summed E-state index contributed by atoms with van der Waals surface area (Å²) in [4.78, 5) is 29.5. The average molecular weight is 466 g/mol. The summed E-state index contributed by atoms with van der Waals surface area (Å²) >= 11 is 6.80. The maximum Gasteiger partial charge on any atom is 0.269 e. The SMILES string of the molecule is O=C(CSc1nc2[nH]ncc2c(=O)n1-c1ccc(F)c(F)c1)Nc1cc(F)ccc1Cl. The second-order valence-corrected chi connectivity index (χ2v) is 7.58. The number of rotatable bonds is 5. The largest absolute Gasteiger partial charge is 0.324 e. The van der Waals surface area contributed by atoms with E-state index in [1.54, 1.807) is 0 Å². The number of benzene rings is 2. The number of aromatic amines is 1. The number of nitrogens with zero attached hydrogens (tertiary/aromatic N) is 3. The first-order valence-corrected chi connectivity index (χ1v) is 9.99. The van der Waals surface area contributed by atoms with Crippen molar-refractivity contribution in [2.45, 2.75) is 5.16 Å². The van der Waals surface area contributed by atoms with Crippen LogP contribution in [-0.4, -0.2) is 31.4 Å². The Kier molecular flexibility index (Phi) is 5.70. The molecule has 31 heavy (non-hydrogen) atoms. The molecule has 2 aromatic carbocycles. The third-order valence-corrected chi connectivity index (χ3v) is 5.42. The Hall–Kier alpha value is -3.31. The molecule has 2 aromatic heterocycles. The highest BCUT2D eigenvalue weighted by atomic mass is 35.5. The number of amides is 1. The summed E-state index contributed by atoms with van der Waals surface area (Å²) in [6.07, 6.45) is 1.26. The van der Waals surface area contributed by atoms with E-state index in [-0.39, 0.29) is 38.3 Å². The molecule has 0 radical (unpaired) electrons. The third-order valence-electron chi connectivity index (χ3n) is 4.15. The molecule has 2 N–H and O–H groups in total. The van der Waals surface area contributed by atoms with Crippen molar-refractivity contribution >= 4 is 46.0 Å². The molecule has 158 valence electrons. The molecular weight excluding hydrogens is 455 g/mol. The van der Waals surface area contributed by atoms with Crippen molar-refractivity contribution in [3.05, 3.63) is 75.4 Å². The van der Waals surface area contributed by atoms with Gasteiger partial charge in [0, 0.05) is 6.07 Å². The number of anilines is 1. The van der Waals surface area contributed by atoms with E-state index in [1.165, 1.54) is 18.3 Å². The molecule has 4 aromatic rings. The standard InChI is InChI=1S/C19H11ClF3N5O2S/c20-12-3-1-9(21)5-15(12)25-16(29)8-31-19-26-17-11(7-24-27-17)18(30)28(19)10-2-4-13(22)14(23)6-10/h1-7H,8H2,(H,24,27)(H,25,29). The quantitative estimate of drug-likeness (QED) is 0.344. The molecule has 0 atom stereocenters. The smallest absolute Gasteiger partial charge is 0.269 e. The Morgan fingerprint density at radius 2 is 1.97 bits per heavy atom. The molecule has 7 nitrogen and oxygen atoms in total. The van der Waals surface area contributed by atoms with Crippen LogP contribution >= 0.6 is 23.4 Å². The Balaban J connectivity index is 1.66. The molecule has 0 aliphatic carbocycles. The van der Waals surface area contributed by atoms with Crippen molar-refractivity contribution in [3.8, 4) is 5.69 Å². The van der Waals surface area contributed by atoms with Gasteiger partial charge < -0.3 is 5.32 Å². The lowest BCUT2D eigenvalue weighted by atomic mass is 10.3. The summed E-state index contributed by atoms with van der Waals surface area (Å²) in [6.45, 7) is 0. The van der Waals surface area contributed by atoms with Gasteiger partial charge in [0.25, 0.3) is 5.56 Å². The molecule has 12 heteroatoms. The summed E-state index contributed by atoms with van der Waals surface area (Å²) in [5, 5.41) is 9.11. The average Bonchev–Trinajstić information content (AvgIpc) is 3.20. The number of hydrogen-bond donors (Lipinski definition) is 2. The fraction of sp³-hybridized carbons (Fsp3) is 0.0526. The van der Waals surface area contributed by atoms with E-state index in [0.29, 0.717) is 0 Å². The molecule has 1 amide bonds. The summed E-state index contributed by atoms with van der Waals surface area (Å²) in [5.41, 5.74) is -0.307. The molecule has 0 saturated heterocycles. The van der Waals surface area contributed by atoms with Crippen molar-refractivity contribution < 1.29 is 18.0 Å². The van der Waals surface area contributed by atoms with Gasteiger partial charge in [0.2, 0.25) is 5.91 Å². The van der Waals surface area contributed by atoms with Crippen LogP contribution in [0.25, 0.3) is 16.7 Å². The van der Waals surface area contributed by atoms with Crippen LogP contribution in [0.15, 0.2) is 52.5 Å². The van der Waals surface area contributed by atoms with Gasteiger partial charge >= 0.3 is 0 Å². The zero-order chi connectivity index (χ0) is 22.1. The zero-order valence-corrected chi connectivity index (χ0v) is 16.9. The lowest BCUT2D eigenvalue weighted by molar-refractivity contribution is -0.113. The second-order valence-electron chi connectivity index (χ2n) is 6.23. The van der Waals surface area contributed by atoms with Crippen LogP contribution in [-0.2, 0) is 4.79 Å². The first-order valence-electron chi connectivity index (χ1n) is 8.63. The van der Waals surface area contributed by atoms with Crippen LogP contribution in [0.3, 0.4) is 0 Å². The maximum absolute atomic E-state index is 13.8. The number of thioether (sulfide) groups is 1. The number of fused-ring (bicyclic) bond motifs is 1. The molecule has 0 saturated carbocycles. The minimum absolute atomic E-state index is 0.0237. The number of halogens is 4. The zero-order valence-electron chi connectivity index (χ0n) is 15.3. The lowest BCUT2D eigenvalue weighted by Crippen LogP contribution is -2.23. The molecule has 0 spiro atoms. The van der Waals surface area contributed by atoms with Crippen LogP contribution in [0.1, 0.15) is 0 Å². The maximum atomic E-state index is 13.8. The van der Waals surface area contributed by atoms with Gasteiger partial charge in [-0.05, 0) is 30.3 Å². The minimum atomic E-state index is -1.15.